The number of aryl methyl sites for hydroxylation is 1. The zero-order valence-electron chi connectivity index (χ0n) is 22.6. The molecule has 0 aliphatic rings. The molecule has 3 aromatic carbocycles. The van der Waals surface area contributed by atoms with Gasteiger partial charge in [0.2, 0.25) is 11.8 Å². The molecule has 0 heterocycles. The summed E-state index contributed by atoms with van der Waals surface area (Å²) in [6, 6.07) is 19.0. The van der Waals surface area contributed by atoms with Gasteiger partial charge in [-0.05, 0) is 81.8 Å². The van der Waals surface area contributed by atoms with Gasteiger partial charge >= 0.3 is 0 Å². The fourth-order valence-corrected chi connectivity index (χ4v) is 5.47. The molecule has 0 aliphatic heterocycles. The molecule has 0 saturated carbocycles. The normalized spacial score (nSPS) is 11.9. The highest BCUT2D eigenvalue weighted by Gasteiger charge is 2.32. The Bertz CT molecular complexity index is 1360. The van der Waals surface area contributed by atoms with Crippen LogP contribution >= 0.6 is 11.6 Å². The van der Waals surface area contributed by atoms with Gasteiger partial charge < -0.3 is 15.0 Å². The lowest BCUT2D eigenvalue weighted by atomic mass is 10.1. The Kier molecular flexibility index (Phi) is 10.4. The predicted molar refractivity (Wildman–Crippen MR) is 153 cm³/mol. The van der Waals surface area contributed by atoms with Gasteiger partial charge in [0, 0.05) is 18.1 Å². The molecule has 0 aromatic heterocycles. The average molecular weight is 572 g/mol. The Labute approximate surface area is 235 Å². The highest BCUT2D eigenvalue weighted by Crippen LogP contribution is 2.27. The molecule has 1 atom stereocenters. The highest BCUT2D eigenvalue weighted by molar-refractivity contribution is 7.92. The van der Waals surface area contributed by atoms with Crippen molar-refractivity contribution < 1.29 is 22.7 Å². The summed E-state index contributed by atoms with van der Waals surface area (Å²) in [5, 5.41) is 3.14. The van der Waals surface area contributed by atoms with Gasteiger partial charge in [-0.2, -0.15) is 0 Å². The van der Waals surface area contributed by atoms with Crippen molar-refractivity contribution in [3.8, 4) is 5.75 Å². The second-order valence-corrected chi connectivity index (χ2v) is 11.3. The molecule has 0 bridgehead atoms. The number of carbonyl (C=O) groups excluding carboxylic acids is 2. The first-order chi connectivity index (χ1) is 18.6. The summed E-state index contributed by atoms with van der Waals surface area (Å²) in [6.45, 7) is 7.71. The van der Waals surface area contributed by atoms with Gasteiger partial charge in [-0.3, -0.25) is 13.9 Å². The smallest absolute Gasteiger partial charge is 0.264 e. The molecule has 3 aromatic rings. The number of ether oxygens (including phenoxy) is 1. The maximum atomic E-state index is 13.8. The van der Waals surface area contributed by atoms with Gasteiger partial charge in [0.15, 0.2) is 0 Å². The van der Waals surface area contributed by atoms with Crippen LogP contribution in [0.3, 0.4) is 0 Å². The van der Waals surface area contributed by atoms with Gasteiger partial charge in [-0.25, -0.2) is 8.42 Å². The number of likely N-dealkylation sites (N-methyl/N-ethyl adjacent to an activating group) is 1. The number of hydrogen-bond acceptors (Lipinski definition) is 5. The van der Waals surface area contributed by atoms with E-state index in [1.54, 1.807) is 38.1 Å². The lowest BCUT2D eigenvalue weighted by Crippen LogP contribution is -2.51. The third-order valence-electron chi connectivity index (χ3n) is 6.11. The standard InChI is InChI=1S/C29H34ClN3O5S/c1-5-31-29(35)22(4)32(19-23-9-7-21(3)8-10-23)28(34)20-33(25-13-15-26(16-14-25)38-6-2)39(36,37)27-17-11-24(30)12-18-27/h7-18,22H,5-6,19-20H2,1-4H3,(H,31,35)/t22-/m1/s1. The number of nitrogens with zero attached hydrogens (tertiary/aromatic N) is 2. The average Bonchev–Trinajstić information content (AvgIpc) is 2.92. The fourth-order valence-electron chi connectivity index (χ4n) is 3.93. The second kappa shape index (κ2) is 13.5. The van der Waals surface area contributed by atoms with Crippen molar-refractivity contribution >= 4 is 39.1 Å². The van der Waals surface area contributed by atoms with Gasteiger partial charge in [0.25, 0.3) is 10.0 Å². The van der Waals surface area contributed by atoms with Crippen LogP contribution in [0.2, 0.25) is 5.02 Å². The summed E-state index contributed by atoms with van der Waals surface area (Å²) in [4.78, 5) is 28.0. The summed E-state index contributed by atoms with van der Waals surface area (Å²) < 4.78 is 34.2. The number of benzene rings is 3. The fraction of sp³-hybridized carbons (Fsp3) is 0.310. The van der Waals surface area contributed by atoms with Crippen LogP contribution in [0.1, 0.15) is 31.9 Å². The minimum Gasteiger partial charge on any atom is -0.494 e. The van der Waals surface area contributed by atoms with E-state index in [9.17, 15) is 18.0 Å². The van der Waals surface area contributed by atoms with Gasteiger partial charge in [-0.1, -0.05) is 41.4 Å². The van der Waals surface area contributed by atoms with E-state index in [-0.39, 0.29) is 23.0 Å². The van der Waals surface area contributed by atoms with Gasteiger partial charge in [0.05, 0.1) is 17.2 Å². The second-order valence-electron chi connectivity index (χ2n) is 8.97. The van der Waals surface area contributed by atoms with Gasteiger partial charge in [0.1, 0.15) is 18.3 Å². The zero-order chi connectivity index (χ0) is 28.6. The maximum absolute atomic E-state index is 13.8. The molecular weight excluding hydrogens is 538 g/mol. The Balaban J connectivity index is 2.02. The van der Waals surface area contributed by atoms with Gasteiger partial charge in [-0.15, -0.1) is 0 Å². The van der Waals surface area contributed by atoms with E-state index >= 15 is 0 Å². The first-order valence-corrected chi connectivity index (χ1v) is 14.5. The third kappa shape index (κ3) is 7.74. The highest BCUT2D eigenvalue weighted by atomic mass is 35.5. The Morgan fingerprint density at radius 1 is 0.949 bits per heavy atom. The number of amides is 2. The van der Waals surface area contributed by atoms with E-state index in [1.165, 1.54) is 29.2 Å². The Morgan fingerprint density at radius 3 is 2.13 bits per heavy atom. The van der Waals surface area contributed by atoms with Crippen LogP contribution in [0.25, 0.3) is 0 Å². The molecule has 0 fully saturated rings. The van der Waals surface area contributed by atoms with Crippen molar-refractivity contribution in [1.82, 2.24) is 10.2 Å². The van der Waals surface area contributed by atoms with Crippen molar-refractivity contribution in [3.63, 3.8) is 0 Å². The molecule has 3 rings (SSSR count). The van der Waals surface area contributed by atoms with Crippen LogP contribution in [0.5, 0.6) is 5.75 Å². The predicted octanol–water partition coefficient (Wildman–Crippen LogP) is 4.80. The van der Waals surface area contributed by atoms with E-state index in [0.717, 1.165) is 15.4 Å². The molecule has 0 saturated heterocycles. The molecule has 0 spiro atoms. The quantitative estimate of drug-likeness (QED) is 0.337. The Hall–Kier alpha value is -3.56. The number of sulfonamides is 1. The van der Waals surface area contributed by atoms with Crippen molar-refractivity contribution in [1.29, 1.82) is 0 Å². The largest absolute Gasteiger partial charge is 0.494 e. The van der Waals surface area contributed by atoms with E-state index < -0.39 is 28.5 Å². The van der Waals surface area contributed by atoms with Crippen molar-refractivity contribution in [3.05, 3.63) is 88.9 Å². The molecule has 0 aliphatic carbocycles. The number of rotatable bonds is 12. The van der Waals surface area contributed by atoms with Crippen LogP contribution in [0, 0.1) is 6.92 Å². The van der Waals surface area contributed by atoms with E-state index in [4.69, 9.17) is 16.3 Å². The van der Waals surface area contributed by atoms with Crippen LogP contribution in [0.4, 0.5) is 5.69 Å². The third-order valence-corrected chi connectivity index (χ3v) is 8.15. The van der Waals surface area contributed by atoms with E-state index in [1.807, 2.05) is 38.1 Å². The SMILES string of the molecule is CCNC(=O)[C@@H](C)N(Cc1ccc(C)cc1)C(=O)CN(c1ccc(OCC)cc1)S(=O)(=O)c1ccc(Cl)cc1. The number of anilines is 1. The van der Waals surface area contributed by atoms with Crippen molar-refractivity contribution in [2.45, 2.75) is 45.2 Å². The minimum atomic E-state index is -4.17. The van der Waals surface area contributed by atoms with E-state index in [2.05, 4.69) is 5.32 Å². The number of nitrogens with one attached hydrogen (secondary N) is 1. The molecule has 0 radical (unpaired) electrons. The molecule has 39 heavy (non-hydrogen) atoms. The lowest BCUT2D eigenvalue weighted by Gasteiger charge is -2.32. The molecule has 8 nitrogen and oxygen atoms in total. The Morgan fingerprint density at radius 2 is 1.56 bits per heavy atom. The molecule has 10 heteroatoms. The molecule has 208 valence electrons. The van der Waals surface area contributed by atoms with Crippen LogP contribution in [0.15, 0.2) is 77.7 Å². The first kappa shape index (κ1) is 30.0. The van der Waals surface area contributed by atoms with Crippen LogP contribution in [-0.2, 0) is 26.2 Å². The molecule has 0 unspecified atom stereocenters. The molecule has 2 amide bonds. The number of carbonyl (C=O) groups is 2. The minimum absolute atomic E-state index is 0.0181. The maximum Gasteiger partial charge on any atom is 0.264 e. The molecule has 1 N–H and O–H groups in total. The summed E-state index contributed by atoms with van der Waals surface area (Å²) in [7, 11) is -4.17. The number of hydrogen-bond donors (Lipinski definition) is 1. The first-order valence-electron chi connectivity index (χ1n) is 12.7. The summed E-state index contributed by atoms with van der Waals surface area (Å²) in [5.74, 6) is -0.283. The van der Waals surface area contributed by atoms with Crippen molar-refractivity contribution in [2.24, 2.45) is 0 Å². The molecular formula is C29H34ClN3O5S. The zero-order valence-corrected chi connectivity index (χ0v) is 24.1. The lowest BCUT2D eigenvalue weighted by molar-refractivity contribution is -0.139. The summed E-state index contributed by atoms with van der Waals surface area (Å²) in [6.07, 6.45) is 0. The summed E-state index contributed by atoms with van der Waals surface area (Å²) >= 11 is 5.99. The topological polar surface area (TPSA) is 96.0 Å². The summed E-state index contributed by atoms with van der Waals surface area (Å²) in [5.41, 5.74) is 2.16. The van der Waals surface area contributed by atoms with E-state index in [0.29, 0.717) is 23.9 Å². The monoisotopic (exact) mass is 571 g/mol. The number of halogens is 1. The van der Waals surface area contributed by atoms with Crippen LogP contribution in [-0.4, -0.2) is 50.9 Å². The van der Waals surface area contributed by atoms with Crippen LogP contribution < -0.4 is 14.4 Å². The van der Waals surface area contributed by atoms with Crippen molar-refractivity contribution in [2.75, 3.05) is 24.0 Å².